The molecular formula is C13H18BrNO2S. The maximum atomic E-state index is 11.9. The van der Waals surface area contributed by atoms with Gasteiger partial charge in [0, 0.05) is 23.9 Å². The van der Waals surface area contributed by atoms with E-state index in [1.54, 1.807) is 11.3 Å². The number of hydrogen-bond acceptors (Lipinski definition) is 3. The van der Waals surface area contributed by atoms with Gasteiger partial charge in [0.2, 0.25) is 0 Å². The van der Waals surface area contributed by atoms with Gasteiger partial charge in [0.05, 0.1) is 10.4 Å². The minimum atomic E-state index is -0.176. The van der Waals surface area contributed by atoms with Crippen LogP contribution in [0.3, 0.4) is 0 Å². The third-order valence-corrected chi connectivity index (χ3v) is 5.03. The van der Waals surface area contributed by atoms with Gasteiger partial charge in [-0.1, -0.05) is 6.92 Å². The van der Waals surface area contributed by atoms with Crippen LogP contribution < -0.4 is 0 Å². The molecule has 2 heterocycles. The normalized spacial score (nSPS) is 19.3. The zero-order valence-corrected chi connectivity index (χ0v) is 13.1. The Hall–Kier alpha value is -0.550. The first-order chi connectivity index (χ1) is 8.65. The molecule has 1 aliphatic rings. The molecule has 0 bridgehead atoms. The van der Waals surface area contributed by atoms with Gasteiger partial charge in [0.25, 0.3) is 0 Å². The highest BCUT2D eigenvalue weighted by Crippen LogP contribution is 2.36. The topological polar surface area (TPSA) is 29.5 Å². The largest absolute Gasteiger partial charge is 0.450 e. The number of rotatable bonds is 2. The summed E-state index contributed by atoms with van der Waals surface area (Å²) < 4.78 is 6.30. The van der Waals surface area contributed by atoms with E-state index in [9.17, 15) is 4.79 Å². The number of thiophene rings is 1. The van der Waals surface area contributed by atoms with Crippen molar-refractivity contribution in [1.82, 2.24) is 4.90 Å². The highest BCUT2D eigenvalue weighted by Gasteiger charge is 2.27. The lowest BCUT2D eigenvalue weighted by atomic mass is 9.97. The van der Waals surface area contributed by atoms with E-state index in [1.165, 1.54) is 14.2 Å². The van der Waals surface area contributed by atoms with Crippen molar-refractivity contribution in [3.8, 4) is 0 Å². The summed E-state index contributed by atoms with van der Waals surface area (Å²) in [6.07, 6.45) is 1.80. The van der Waals surface area contributed by atoms with Crippen LogP contribution in [-0.4, -0.2) is 30.7 Å². The zero-order valence-electron chi connectivity index (χ0n) is 10.7. The van der Waals surface area contributed by atoms with Crippen LogP contribution in [0.2, 0.25) is 0 Å². The second-order valence-electron chi connectivity index (χ2n) is 4.43. The lowest BCUT2D eigenvalue weighted by Gasteiger charge is -2.23. The summed E-state index contributed by atoms with van der Waals surface area (Å²) >= 11 is 5.34. The van der Waals surface area contributed by atoms with E-state index in [0.717, 1.165) is 25.9 Å². The maximum Gasteiger partial charge on any atom is 0.409 e. The van der Waals surface area contributed by atoms with Crippen LogP contribution >= 0.6 is 27.3 Å². The van der Waals surface area contributed by atoms with Crippen molar-refractivity contribution in [2.75, 3.05) is 19.7 Å². The van der Waals surface area contributed by atoms with Crippen LogP contribution in [-0.2, 0) is 11.2 Å². The molecule has 3 nitrogen and oxygen atoms in total. The number of hydrogen-bond donors (Lipinski definition) is 0. The SMILES string of the molecule is CCOC(=O)N1CCc2sc(Br)cc2[C@H](CC)C1. The Morgan fingerprint density at radius 1 is 1.61 bits per heavy atom. The van der Waals surface area contributed by atoms with E-state index < -0.39 is 0 Å². The number of carbonyl (C=O) groups excluding carboxylic acids is 1. The van der Waals surface area contributed by atoms with Crippen molar-refractivity contribution in [3.05, 3.63) is 20.3 Å². The van der Waals surface area contributed by atoms with Gasteiger partial charge in [0.1, 0.15) is 0 Å². The van der Waals surface area contributed by atoms with Gasteiger partial charge in [-0.05, 0) is 47.3 Å². The second-order valence-corrected chi connectivity index (χ2v) is 6.95. The van der Waals surface area contributed by atoms with Gasteiger partial charge in [-0.3, -0.25) is 0 Å². The van der Waals surface area contributed by atoms with Gasteiger partial charge in [0.15, 0.2) is 0 Å². The molecule has 0 fully saturated rings. The molecular weight excluding hydrogens is 314 g/mol. The van der Waals surface area contributed by atoms with Crippen LogP contribution in [0.5, 0.6) is 0 Å². The first kappa shape index (κ1) is 13.9. The minimum absolute atomic E-state index is 0.176. The Labute approximate surface area is 120 Å². The molecule has 1 amide bonds. The van der Waals surface area contributed by atoms with E-state index in [2.05, 4.69) is 28.9 Å². The third-order valence-electron chi connectivity index (χ3n) is 3.32. The Morgan fingerprint density at radius 3 is 3.06 bits per heavy atom. The van der Waals surface area contributed by atoms with E-state index in [1.807, 2.05) is 11.8 Å². The molecule has 0 N–H and O–H groups in total. The molecule has 0 unspecified atom stereocenters. The van der Waals surface area contributed by atoms with Crippen LogP contribution in [0.15, 0.2) is 9.85 Å². The van der Waals surface area contributed by atoms with Gasteiger partial charge in [-0.15, -0.1) is 11.3 Å². The van der Waals surface area contributed by atoms with E-state index in [4.69, 9.17) is 4.74 Å². The second kappa shape index (κ2) is 6.06. The van der Waals surface area contributed by atoms with Crippen molar-refractivity contribution in [2.45, 2.75) is 32.6 Å². The fourth-order valence-electron chi connectivity index (χ4n) is 2.37. The Bertz CT molecular complexity index is 433. The molecule has 1 aromatic rings. The fourth-order valence-corrected chi connectivity index (χ4v) is 4.16. The molecule has 2 rings (SSSR count). The van der Waals surface area contributed by atoms with E-state index in [0.29, 0.717) is 12.5 Å². The minimum Gasteiger partial charge on any atom is -0.450 e. The summed E-state index contributed by atoms with van der Waals surface area (Å²) in [5.41, 5.74) is 1.40. The van der Waals surface area contributed by atoms with Gasteiger partial charge >= 0.3 is 6.09 Å². The Morgan fingerprint density at radius 2 is 2.39 bits per heavy atom. The Balaban J connectivity index is 2.17. The number of carbonyl (C=O) groups is 1. The van der Waals surface area contributed by atoms with Gasteiger partial charge in [-0.25, -0.2) is 4.79 Å². The third kappa shape index (κ3) is 2.88. The van der Waals surface area contributed by atoms with Crippen molar-refractivity contribution in [2.24, 2.45) is 0 Å². The maximum absolute atomic E-state index is 11.9. The summed E-state index contributed by atoms with van der Waals surface area (Å²) in [6.45, 7) is 6.00. The lowest BCUT2D eigenvalue weighted by molar-refractivity contribution is 0.106. The average molecular weight is 332 g/mol. The van der Waals surface area contributed by atoms with Crippen LogP contribution in [0.25, 0.3) is 0 Å². The molecule has 5 heteroatoms. The smallest absolute Gasteiger partial charge is 0.409 e. The van der Waals surface area contributed by atoms with Gasteiger partial charge < -0.3 is 9.64 Å². The summed E-state index contributed by atoms with van der Waals surface area (Å²) in [5.74, 6) is 0.425. The summed E-state index contributed by atoms with van der Waals surface area (Å²) in [4.78, 5) is 15.1. The quantitative estimate of drug-likeness (QED) is 0.819. The highest BCUT2D eigenvalue weighted by molar-refractivity contribution is 9.11. The predicted molar refractivity (Wildman–Crippen MR) is 77.4 cm³/mol. The molecule has 0 aromatic carbocycles. The fraction of sp³-hybridized carbons (Fsp3) is 0.615. The van der Waals surface area contributed by atoms with Crippen LogP contribution in [0.4, 0.5) is 4.79 Å². The highest BCUT2D eigenvalue weighted by atomic mass is 79.9. The first-order valence-corrected chi connectivity index (χ1v) is 7.96. The molecule has 0 saturated carbocycles. The summed E-state index contributed by atoms with van der Waals surface area (Å²) in [7, 11) is 0. The summed E-state index contributed by atoms with van der Waals surface area (Å²) in [5, 5.41) is 0. The number of fused-ring (bicyclic) bond motifs is 1. The van der Waals surface area contributed by atoms with Crippen molar-refractivity contribution in [1.29, 1.82) is 0 Å². The van der Waals surface area contributed by atoms with Crippen LogP contribution in [0, 0.1) is 0 Å². The first-order valence-electron chi connectivity index (χ1n) is 6.35. The molecule has 18 heavy (non-hydrogen) atoms. The lowest BCUT2D eigenvalue weighted by Crippen LogP contribution is -2.35. The monoisotopic (exact) mass is 331 g/mol. The number of nitrogens with zero attached hydrogens (tertiary/aromatic N) is 1. The molecule has 0 radical (unpaired) electrons. The summed E-state index contributed by atoms with van der Waals surface area (Å²) in [6, 6.07) is 2.21. The molecule has 100 valence electrons. The molecule has 0 aliphatic carbocycles. The number of halogens is 1. The standard InChI is InChI=1S/C13H18BrNO2S/c1-3-9-8-15(13(16)17-4-2)6-5-11-10(9)7-12(14)18-11/h7,9H,3-6,8H2,1-2H3/t9-/m1/s1. The van der Waals surface area contributed by atoms with E-state index >= 15 is 0 Å². The number of amides is 1. The predicted octanol–water partition coefficient (Wildman–Crippen LogP) is 4.02. The van der Waals surface area contributed by atoms with Crippen molar-refractivity contribution >= 4 is 33.4 Å². The average Bonchev–Trinajstić information content (AvgIpc) is 2.62. The Kier molecular flexibility index (Phi) is 4.67. The van der Waals surface area contributed by atoms with Crippen LogP contribution in [0.1, 0.15) is 36.6 Å². The van der Waals surface area contributed by atoms with Crippen molar-refractivity contribution in [3.63, 3.8) is 0 Å². The molecule has 0 spiro atoms. The number of ether oxygens (including phenoxy) is 1. The molecule has 0 saturated heterocycles. The zero-order chi connectivity index (χ0) is 13.1. The van der Waals surface area contributed by atoms with Gasteiger partial charge in [-0.2, -0.15) is 0 Å². The van der Waals surface area contributed by atoms with E-state index in [-0.39, 0.29) is 6.09 Å². The van der Waals surface area contributed by atoms with Crippen molar-refractivity contribution < 1.29 is 9.53 Å². The molecule has 1 aromatic heterocycles. The molecule has 1 atom stereocenters. The molecule has 1 aliphatic heterocycles.